The minimum absolute atomic E-state index is 0.156. The van der Waals surface area contributed by atoms with Crippen molar-refractivity contribution in [3.05, 3.63) is 174 Å². The van der Waals surface area contributed by atoms with E-state index in [-0.39, 0.29) is 10.8 Å². The molecule has 8 aromatic rings. The van der Waals surface area contributed by atoms with Crippen LogP contribution in [0.4, 0.5) is 17.1 Å². The first-order valence-corrected chi connectivity index (χ1v) is 22.1. The molecule has 0 unspecified atom stereocenters. The summed E-state index contributed by atoms with van der Waals surface area (Å²) in [5, 5.41) is 2.65. The normalized spacial score (nSPS) is 24.2. The van der Waals surface area contributed by atoms with Crippen LogP contribution in [-0.4, -0.2) is 0 Å². The monoisotopic (exact) mass is 751 g/mol. The van der Waals surface area contributed by atoms with Crippen molar-refractivity contribution in [3.8, 4) is 33.4 Å². The predicted molar refractivity (Wildman–Crippen MR) is 240 cm³/mol. The maximum atomic E-state index is 2.58. The zero-order valence-corrected chi connectivity index (χ0v) is 33.5. The fraction of sp³-hybridized carbons (Fsp3) is 0.236. The fourth-order valence-corrected chi connectivity index (χ4v) is 14.7. The van der Waals surface area contributed by atoms with Crippen LogP contribution in [0.2, 0.25) is 0 Å². The van der Waals surface area contributed by atoms with E-state index in [1.807, 2.05) is 11.3 Å². The molecule has 57 heavy (non-hydrogen) atoms. The Morgan fingerprint density at radius 2 is 1.09 bits per heavy atom. The maximum absolute atomic E-state index is 2.58. The number of hydrogen-bond donors (Lipinski definition) is 0. The van der Waals surface area contributed by atoms with Gasteiger partial charge in [-0.15, -0.1) is 11.3 Å². The van der Waals surface area contributed by atoms with Gasteiger partial charge in [-0.3, -0.25) is 0 Å². The molecule has 0 aliphatic heterocycles. The van der Waals surface area contributed by atoms with Gasteiger partial charge < -0.3 is 4.90 Å². The molecule has 0 amide bonds. The Labute approximate surface area is 339 Å². The van der Waals surface area contributed by atoms with Gasteiger partial charge in [-0.25, -0.2) is 0 Å². The zero-order chi connectivity index (χ0) is 37.6. The summed E-state index contributed by atoms with van der Waals surface area (Å²) in [4.78, 5) is 2.58. The van der Waals surface area contributed by atoms with Crippen molar-refractivity contribution in [1.82, 2.24) is 0 Å². The molecule has 0 N–H and O–H groups in total. The summed E-state index contributed by atoms with van der Waals surface area (Å²) in [5.41, 5.74) is 18.1. The van der Waals surface area contributed by atoms with Crippen molar-refractivity contribution in [3.63, 3.8) is 0 Å². The van der Waals surface area contributed by atoms with Crippen molar-refractivity contribution in [2.45, 2.75) is 56.8 Å². The molecule has 0 atom stereocenters. The Hall–Kier alpha value is -5.44. The van der Waals surface area contributed by atoms with E-state index in [2.05, 4.69) is 170 Å². The largest absolute Gasteiger partial charge is 0.309 e. The lowest BCUT2D eigenvalue weighted by Crippen LogP contribution is -2.55. The van der Waals surface area contributed by atoms with Crippen LogP contribution < -0.4 is 4.90 Å². The average molecular weight is 752 g/mol. The zero-order valence-electron chi connectivity index (χ0n) is 32.6. The number of fused-ring (bicyclic) bond motifs is 9. The van der Waals surface area contributed by atoms with Gasteiger partial charge in [-0.1, -0.05) is 129 Å². The van der Waals surface area contributed by atoms with E-state index in [1.54, 1.807) is 11.1 Å². The van der Waals surface area contributed by atoms with Crippen LogP contribution in [0.5, 0.6) is 0 Å². The van der Waals surface area contributed by atoms with Crippen molar-refractivity contribution in [2.75, 3.05) is 4.90 Å². The lowest BCUT2D eigenvalue weighted by atomic mass is 9.43. The molecule has 7 aromatic carbocycles. The third kappa shape index (κ3) is 4.25. The molecule has 4 saturated carbocycles. The highest BCUT2D eigenvalue weighted by molar-refractivity contribution is 7.26. The molecule has 4 fully saturated rings. The van der Waals surface area contributed by atoms with Crippen LogP contribution in [0.1, 0.15) is 68.2 Å². The standard InChI is InChI=1S/C55H45NS/c1-54(2)44-17-6-3-12-40(44)41-16-10-21-48(53(41)54)56(47-20-11-23-50-52(47)43-14-5-8-22-49(43)57-50)38-26-24-35(25-27-38)39-15-9-19-46-51(39)42-13-4-7-18-45(42)55(46)36-29-33-28-34(31-36)32-37(55)30-33/h3-27,33-34,36-37H,28-32H2,1-2H3. The van der Waals surface area contributed by atoms with Crippen LogP contribution in [0.15, 0.2) is 152 Å². The van der Waals surface area contributed by atoms with Gasteiger partial charge in [0.1, 0.15) is 0 Å². The summed E-state index contributed by atoms with van der Waals surface area (Å²) in [6.45, 7) is 4.82. The molecule has 1 nitrogen and oxygen atoms in total. The van der Waals surface area contributed by atoms with E-state index >= 15 is 0 Å². The van der Waals surface area contributed by atoms with Gasteiger partial charge in [0.05, 0.1) is 11.4 Å². The van der Waals surface area contributed by atoms with E-state index in [1.165, 1.54) is 114 Å². The van der Waals surface area contributed by atoms with Crippen LogP contribution in [0.25, 0.3) is 53.6 Å². The molecule has 0 radical (unpaired) electrons. The molecule has 0 saturated heterocycles. The van der Waals surface area contributed by atoms with Gasteiger partial charge in [-0.2, -0.15) is 0 Å². The molecular weight excluding hydrogens is 707 g/mol. The molecule has 2 heteroatoms. The van der Waals surface area contributed by atoms with Gasteiger partial charge in [-0.05, 0) is 148 Å². The SMILES string of the molecule is CC1(C)c2ccccc2-c2cccc(N(c3ccc(-c4cccc5c4-c4ccccc4C54C5CC6CC(C5)CC4C6)cc3)c3cccc4sc5ccccc5c34)c21. The number of benzene rings is 7. The summed E-state index contributed by atoms with van der Waals surface area (Å²) >= 11 is 1.90. The van der Waals surface area contributed by atoms with E-state index in [4.69, 9.17) is 0 Å². The summed E-state index contributed by atoms with van der Waals surface area (Å²) in [7, 11) is 0. The topological polar surface area (TPSA) is 3.24 Å². The van der Waals surface area contributed by atoms with E-state index in [0.29, 0.717) is 0 Å². The fourth-order valence-electron chi connectivity index (χ4n) is 13.6. The second-order valence-corrected chi connectivity index (χ2v) is 19.5. The molecule has 1 aromatic heterocycles. The van der Waals surface area contributed by atoms with Crippen molar-refractivity contribution >= 4 is 48.6 Å². The Morgan fingerprint density at radius 3 is 1.89 bits per heavy atom. The van der Waals surface area contributed by atoms with E-state index in [0.717, 1.165) is 23.7 Å². The van der Waals surface area contributed by atoms with Crippen LogP contribution in [0.3, 0.4) is 0 Å². The highest BCUT2D eigenvalue weighted by Gasteiger charge is 2.61. The first-order chi connectivity index (χ1) is 28.0. The third-order valence-corrected chi connectivity index (χ3v) is 16.6. The Bertz CT molecular complexity index is 2930. The quantitative estimate of drug-likeness (QED) is 0.173. The number of rotatable bonds is 4. The summed E-state index contributed by atoms with van der Waals surface area (Å²) < 4.78 is 2.65. The smallest absolute Gasteiger partial charge is 0.0554 e. The minimum Gasteiger partial charge on any atom is -0.309 e. The number of nitrogens with zero attached hydrogens (tertiary/aromatic N) is 1. The summed E-state index contributed by atoms with van der Waals surface area (Å²) in [5.74, 6) is 3.41. The molecule has 276 valence electrons. The Kier molecular flexibility index (Phi) is 6.63. The molecule has 1 spiro atoms. The van der Waals surface area contributed by atoms with Crippen molar-refractivity contribution in [2.24, 2.45) is 23.7 Å². The molecule has 4 bridgehead atoms. The number of anilines is 3. The average Bonchev–Trinajstić information content (AvgIpc) is 3.85. The van der Waals surface area contributed by atoms with Gasteiger partial charge >= 0.3 is 0 Å². The second kappa shape index (κ2) is 11.6. The first kappa shape index (κ1) is 32.6. The summed E-state index contributed by atoms with van der Waals surface area (Å²) in [6.07, 6.45) is 7.12. The summed E-state index contributed by atoms with van der Waals surface area (Å²) in [6, 6.07) is 58.3. The number of thiophene rings is 1. The first-order valence-electron chi connectivity index (χ1n) is 21.3. The maximum Gasteiger partial charge on any atom is 0.0554 e. The molecular formula is C55H45NS. The van der Waals surface area contributed by atoms with Crippen LogP contribution >= 0.6 is 11.3 Å². The van der Waals surface area contributed by atoms with E-state index < -0.39 is 0 Å². The van der Waals surface area contributed by atoms with Crippen molar-refractivity contribution < 1.29 is 0 Å². The molecule has 6 aliphatic carbocycles. The predicted octanol–water partition coefficient (Wildman–Crippen LogP) is 15.2. The molecule has 6 aliphatic rings. The van der Waals surface area contributed by atoms with Gasteiger partial charge in [0.2, 0.25) is 0 Å². The van der Waals surface area contributed by atoms with Gasteiger partial charge in [0.25, 0.3) is 0 Å². The van der Waals surface area contributed by atoms with Gasteiger partial charge in [0.15, 0.2) is 0 Å². The van der Waals surface area contributed by atoms with Crippen LogP contribution in [-0.2, 0) is 10.8 Å². The molecule has 1 heterocycles. The van der Waals surface area contributed by atoms with Gasteiger partial charge in [0, 0.05) is 36.7 Å². The minimum atomic E-state index is -0.156. The second-order valence-electron chi connectivity index (χ2n) is 18.4. The third-order valence-electron chi connectivity index (χ3n) is 15.4. The Morgan fingerprint density at radius 1 is 0.491 bits per heavy atom. The lowest BCUT2D eigenvalue weighted by Gasteiger charge is -2.61. The molecule has 14 rings (SSSR count). The highest BCUT2D eigenvalue weighted by Crippen LogP contribution is 2.70. The number of hydrogen-bond acceptors (Lipinski definition) is 2. The van der Waals surface area contributed by atoms with E-state index in [9.17, 15) is 0 Å². The van der Waals surface area contributed by atoms with Crippen molar-refractivity contribution in [1.29, 1.82) is 0 Å². The van der Waals surface area contributed by atoms with Crippen LogP contribution in [0, 0.1) is 23.7 Å². The Balaban J connectivity index is 1.01. The lowest BCUT2D eigenvalue weighted by molar-refractivity contribution is -0.0399. The highest BCUT2D eigenvalue weighted by atomic mass is 32.1.